The van der Waals surface area contributed by atoms with Crippen molar-refractivity contribution in [3.8, 4) is 16.9 Å². The third kappa shape index (κ3) is 11.0. The van der Waals surface area contributed by atoms with Gasteiger partial charge >= 0.3 is 5.97 Å². The maximum Gasteiger partial charge on any atom is 0.307 e. The fourth-order valence-electron chi connectivity index (χ4n) is 6.42. The van der Waals surface area contributed by atoms with E-state index in [0.717, 1.165) is 16.0 Å². The van der Waals surface area contributed by atoms with Crippen LogP contribution in [0.2, 0.25) is 0 Å². The summed E-state index contributed by atoms with van der Waals surface area (Å²) in [5.74, 6) is -4.86. The second-order valence-electron chi connectivity index (χ2n) is 13.5. The Morgan fingerprint density at radius 1 is 0.673 bits per heavy atom. The number of amides is 3. The van der Waals surface area contributed by atoms with Gasteiger partial charge in [-0.2, -0.15) is 0 Å². The van der Waals surface area contributed by atoms with E-state index in [9.17, 15) is 33.5 Å². The predicted molar refractivity (Wildman–Crippen MR) is 206 cm³/mol. The predicted octanol–water partition coefficient (Wildman–Crippen LogP) is 5.33. The Bertz CT molecular complexity index is 2090. The van der Waals surface area contributed by atoms with Gasteiger partial charge in [-0.15, -0.1) is 11.3 Å². The Morgan fingerprint density at radius 3 is 1.91 bits per heavy atom. The Balaban J connectivity index is 1.34. The maximum absolute atomic E-state index is 14.3. The van der Waals surface area contributed by atoms with Crippen LogP contribution in [0.1, 0.15) is 28.0 Å². The molecule has 0 saturated carbocycles. The van der Waals surface area contributed by atoms with Gasteiger partial charge in [-0.25, -0.2) is 4.39 Å². The number of carbonyl (C=O) groups is 5. The number of Topliss-reactive ketones (excluding diaryl/α,β-unsaturated/α-hetero) is 1. The number of hydrogen-bond acceptors (Lipinski definition) is 7. The van der Waals surface area contributed by atoms with E-state index >= 15 is 0 Å². The van der Waals surface area contributed by atoms with Crippen LogP contribution in [-0.4, -0.2) is 59.3 Å². The zero-order chi connectivity index (χ0) is 38.7. The number of thiophene rings is 1. The van der Waals surface area contributed by atoms with Crippen molar-refractivity contribution in [2.45, 2.75) is 50.2 Å². The van der Waals surface area contributed by atoms with Crippen molar-refractivity contribution in [1.82, 2.24) is 16.0 Å². The molecular weight excluding hydrogens is 722 g/mol. The van der Waals surface area contributed by atoms with E-state index in [1.807, 2.05) is 72.1 Å². The summed E-state index contributed by atoms with van der Waals surface area (Å²) in [6.07, 6.45) is -0.266. The molecule has 4 aromatic carbocycles. The molecule has 3 heterocycles. The normalized spacial score (nSPS) is 19.9. The molecule has 0 unspecified atom stereocenters. The van der Waals surface area contributed by atoms with Crippen LogP contribution in [0.5, 0.6) is 5.75 Å². The summed E-state index contributed by atoms with van der Waals surface area (Å²) >= 11 is 1.41. The van der Waals surface area contributed by atoms with Crippen LogP contribution in [0.3, 0.4) is 0 Å². The second kappa shape index (κ2) is 18.3. The standard InChI is InChI=1S/C43H40FN3O7S/c44-33-16-10-29(11-17-33)22-36-39(48)24-32(43(52)53)21-27-12-18-34(19-13-27)54-26-40(49)45-38(25-35-7-4-20-55-35)42(51)47-37(41(50)46-36)23-28-8-14-31(15-9-28)30-5-2-1-3-6-30/h1-20,32,36-38H,21-26H2,(H,45,49)(H,46,50)(H,47,51)(H,52,53)/t32-,36-,37+,38-/m1/s1. The quantitative estimate of drug-likeness (QED) is 0.156. The summed E-state index contributed by atoms with van der Waals surface area (Å²) in [5, 5.41) is 20.4. The number of benzene rings is 4. The Hall–Kier alpha value is -6.14. The number of carbonyl (C=O) groups excluding carboxylic acids is 4. The molecule has 3 amide bonds. The van der Waals surface area contributed by atoms with Crippen molar-refractivity contribution >= 4 is 40.8 Å². The molecule has 0 saturated heterocycles. The van der Waals surface area contributed by atoms with Gasteiger partial charge in [0.2, 0.25) is 11.8 Å². The van der Waals surface area contributed by atoms with E-state index in [1.165, 1.54) is 35.6 Å². The van der Waals surface area contributed by atoms with Gasteiger partial charge in [0.25, 0.3) is 5.91 Å². The molecule has 5 aromatic rings. The van der Waals surface area contributed by atoms with Gasteiger partial charge in [0.1, 0.15) is 23.7 Å². The first kappa shape index (κ1) is 38.6. The minimum atomic E-state index is -1.22. The van der Waals surface area contributed by atoms with Crippen LogP contribution in [0.25, 0.3) is 11.1 Å². The van der Waals surface area contributed by atoms with Crippen molar-refractivity contribution in [3.05, 3.63) is 148 Å². The molecule has 0 spiro atoms. The fourth-order valence-corrected chi connectivity index (χ4v) is 7.17. The van der Waals surface area contributed by atoms with Gasteiger partial charge in [-0.3, -0.25) is 24.0 Å². The third-order valence-electron chi connectivity index (χ3n) is 9.40. The zero-order valence-electron chi connectivity index (χ0n) is 29.8. The molecule has 4 atom stereocenters. The molecule has 2 aliphatic heterocycles. The van der Waals surface area contributed by atoms with E-state index in [4.69, 9.17) is 4.74 Å². The van der Waals surface area contributed by atoms with Gasteiger partial charge < -0.3 is 25.8 Å². The first-order chi connectivity index (χ1) is 26.6. The zero-order valence-corrected chi connectivity index (χ0v) is 30.6. The molecule has 0 radical (unpaired) electrons. The van der Waals surface area contributed by atoms with Crippen LogP contribution < -0.4 is 20.7 Å². The number of rotatable bonds is 8. The molecule has 0 aliphatic carbocycles. The first-order valence-electron chi connectivity index (χ1n) is 17.9. The number of ketones is 1. The smallest absolute Gasteiger partial charge is 0.307 e. The first-order valence-corrected chi connectivity index (χ1v) is 18.8. The lowest BCUT2D eigenvalue weighted by molar-refractivity contribution is -0.144. The van der Waals surface area contributed by atoms with Crippen molar-refractivity contribution in [3.63, 3.8) is 0 Å². The van der Waals surface area contributed by atoms with Crippen molar-refractivity contribution in [1.29, 1.82) is 0 Å². The molecule has 12 heteroatoms. The molecule has 4 N–H and O–H groups in total. The number of hydrogen-bond donors (Lipinski definition) is 4. The molecule has 282 valence electrons. The van der Waals surface area contributed by atoms with E-state index < -0.39 is 72.4 Å². The highest BCUT2D eigenvalue weighted by Crippen LogP contribution is 2.22. The third-order valence-corrected chi connectivity index (χ3v) is 10.3. The minimum Gasteiger partial charge on any atom is -0.484 e. The number of carboxylic acids is 1. The lowest BCUT2D eigenvalue weighted by Gasteiger charge is -2.26. The summed E-state index contributed by atoms with van der Waals surface area (Å²) in [6.45, 7) is -0.400. The largest absolute Gasteiger partial charge is 0.484 e. The lowest BCUT2D eigenvalue weighted by Crippen LogP contribution is -2.57. The number of ether oxygens (including phenoxy) is 1. The van der Waals surface area contributed by atoms with Crippen LogP contribution >= 0.6 is 11.3 Å². The van der Waals surface area contributed by atoms with E-state index in [-0.39, 0.29) is 25.7 Å². The molecule has 0 fully saturated rings. The summed E-state index contributed by atoms with van der Waals surface area (Å²) in [5.41, 5.74) is 3.83. The number of aliphatic carboxylic acids is 1. The molecular formula is C43H40FN3O7S. The highest BCUT2D eigenvalue weighted by atomic mass is 32.1. The number of nitrogens with one attached hydrogen (secondary N) is 3. The van der Waals surface area contributed by atoms with E-state index in [1.54, 1.807) is 24.3 Å². The molecule has 2 aliphatic rings. The van der Waals surface area contributed by atoms with Gasteiger partial charge in [0.15, 0.2) is 12.4 Å². The molecule has 7 rings (SSSR count). The highest BCUT2D eigenvalue weighted by molar-refractivity contribution is 7.09. The molecule has 55 heavy (non-hydrogen) atoms. The van der Waals surface area contributed by atoms with Crippen LogP contribution in [-0.2, 0) is 49.7 Å². The van der Waals surface area contributed by atoms with E-state index in [2.05, 4.69) is 16.0 Å². The van der Waals surface area contributed by atoms with E-state index in [0.29, 0.717) is 22.4 Å². The average molecular weight is 762 g/mol. The summed E-state index contributed by atoms with van der Waals surface area (Å²) in [4.78, 5) is 68.8. The Labute approximate surface area is 321 Å². The monoisotopic (exact) mass is 761 g/mol. The molecule has 2 bridgehead atoms. The Kier molecular flexibility index (Phi) is 12.8. The molecule has 10 nitrogen and oxygen atoms in total. The lowest BCUT2D eigenvalue weighted by atomic mass is 9.90. The summed E-state index contributed by atoms with van der Waals surface area (Å²) in [7, 11) is 0. The second-order valence-corrected chi connectivity index (χ2v) is 14.5. The Morgan fingerprint density at radius 2 is 1.27 bits per heavy atom. The number of carboxylic acid groups (broad SMARTS) is 1. The number of halogens is 1. The average Bonchev–Trinajstić information content (AvgIpc) is 3.71. The van der Waals surface area contributed by atoms with Crippen LogP contribution in [0.15, 0.2) is 121 Å². The SMILES string of the molecule is O=C1COc2ccc(cc2)C[C@@H](C(=O)O)CC(=O)[C@@H](Cc2ccc(F)cc2)NC(=O)[C@H](Cc2ccc(-c3ccccc3)cc2)NC(=O)[C@@H](Cc2cccs2)N1. The van der Waals surface area contributed by atoms with Crippen molar-refractivity contribution in [2.24, 2.45) is 5.92 Å². The van der Waals surface area contributed by atoms with Gasteiger partial charge in [0, 0.05) is 24.1 Å². The summed E-state index contributed by atoms with van der Waals surface area (Å²) in [6, 6.07) is 29.4. The van der Waals surface area contributed by atoms with Crippen LogP contribution in [0, 0.1) is 11.7 Å². The topological polar surface area (TPSA) is 151 Å². The maximum atomic E-state index is 14.3. The van der Waals surface area contributed by atoms with Crippen molar-refractivity contribution in [2.75, 3.05) is 6.61 Å². The fraction of sp³-hybridized carbons (Fsp3) is 0.233. The summed E-state index contributed by atoms with van der Waals surface area (Å²) < 4.78 is 19.5. The minimum absolute atomic E-state index is 0.0150. The highest BCUT2D eigenvalue weighted by Gasteiger charge is 2.32. The number of fused-ring (bicyclic) bond motifs is 16. The van der Waals surface area contributed by atoms with Gasteiger partial charge in [-0.1, -0.05) is 84.9 Å². The van der Waals surface area contributed by atoms with Crippen LogP contribution in [0.4, 0.5) is 4.39 Å². The van der Waals surface area contributed by atoms with Crippen molar-refractivity contribution < 1.29 is 38.2 Å². The molecule has 1 aromatic heterocycles. The van der Waals surface area contributed by atoms with Gasteiger partial charge in [0.05, 0.1) is 12.0 Å². The van der Waals surface area contributed by atoms with Gasteiger partial charge in [-0.05, 0) is 76.4 Å².